The van der Waals surface area contributed by atoms with Crippen molar-refractivity contribution in [1.82, 2.24) is 9.55 Å². The Balaban J connectivity index is 2.34. The molecule has 2 rings (SSSR count). The minimum Gasteiger partial charge on any atom is -0.390 e. The number of ether oxygens (including phenoxy) is 1. The third-order valence-electron chi connectivity index (χ3n) is 2.89. The Morgan fingerprint density at radius 1 is 1.65 bits per heavy atom. The molecule has 1 aromatic rings. The lowest BCUT2D eigenvalue weighted by atomic mass is 10.2. The molecule has 94 valence electrons. The number of hydrogen-bond donors (Lipinski definition) is 3. The van der Waals surface area contributed by atoms with Crippen LogP contribution >= 0.6 is 0 Å². The highest BCUT2D eigenvalue weighted by atomic mass is 16.5. The standard InChI is InChI=1S/C10H15N3O4/c1-5-4-13(10(16)12-9(5)15)8-2-6(14)7(3-11)17-8/h4,6-8,14H,2-3,11H2,1H3,(H,12,15,16)/t6-,7+,8+/m1/s1. The third kappa shape index (κ3) is 2.17. The van der Waals surface area contributed by atoms with Crippen molar-refractivity contribution in [2.45, 2.75) is 31.8 Å². The van der Waals surface area contributed by atoms with Gasteiger partial charge >= 0.3 is 5.69 Å². The van der Waals surface area contributed by atoms with Crippen LogP contribution < -0.4 is 17.0 Å². The predicted molar refractivity (Wildman–Crippen MR) is 59.6 cm³/mol. The zero-order chi connectivity index (χ0) is 12.6. The summed E-state index contributed by atoms with van der Waals surface area (Å²) >= 11 is 0. The van der Waals surface area contributed by atoms with Crippen LogP contribution in [-0.2, 0) is 4.74 Å². The second-order valence-electron chi connectivity index (χ2n) is 4.15. The number of aliphatic hydroxyl groups is 1. The first kappa shape index (κ1) is 12.0. The van der Waals surface area contributed by atoms with Gasteiger partial charge in [-0.3, -0.25) is 14.3 Å². The van der Waals surface area contributed by atoms with Crippen molar-refractivity contribution < 1.29 is 9.84 Å². The molecule has 17 heavy (non-hydrogen) atoms. The summed E-state index contributed by atoms with van der Waals surface area (Å²) in [5.74, 6) is 0. The Morgan fingerprint density at radius 2 is 2.35 bits per heavy atom. The number of H-pyrrole nitrogens is 1. The number of aryl methyl sites for hydroxylation is 1. The smallest absolute Gasteiger partial charge is 0.330 e. The Kier molecular flexibility index (Phi) is 3.14. The van der Waals surface area contributed by atoms with Gasteiger partial charge in [-0.25, -0.2) is 4.79 Å². The van der Waals surface area contributed by atoms with E-state index in [9.17, 15) is 14.7 Å². The number of nitrogens with two attached hydrogens (primary N) is 1. The van der Waals surface area contributed by atoms with Gasteiger partial charge in [0.1, 0.15) is 6.23 Å². The van der Waals surface area contributed by atoms with E-state index >= 15 is 0 Å². The summed E-state index contributed by atoms with van der Waals surface area (Å²) in [5, 5.41) is 9.64. The second kappa shape index (κ2) is 4.44. The highest BCUT2D eigenvalue weighted by Gasteiger charge is 2.34. The largest absolute Gasteiger partial charge is 0.390 e. The van der Waals surface area contributed by atoms with E-state index in [1.165, 1.54) is 10.8 Å². The molecule has 4 N–H and O–H groups in total. The van der Waals surface area contributed by atoms with Crippen molar-refractivity contribution in [3.8, 4) is 0 Å². The lowest BCUT2D eigenvalue weighted by Crippen LogP contribution is -2.33. The van der Waals surface area contributed by atoms with E-state index in [2.05, 4.69) is 4.98 Å². The fraction of sp³-hybridized carbons (Fsp3) is 0.600. The first-order valence-electron chi connectivity index (χ1n) is 5.38. The normalized spacial score (nSPS) is 28.5. The van der Waals surface area contributed by atoms with Gasteiger partial charge in [-0.05, 0) is 6.92 Å². The summed E-state index contributed by atoms with van der Waals surface area (Å²) < 4.78 is 6.72. The van der Waals surface area contributed by atoms with Crippen LogP contribution in [0.25, 0.3) is 0 Å². The Hall–Kier alpha value is -1.44. The Morgan fingerprint density at radius 3 is 2.94 bits per heavy atom. The fourth-order valence-corrected chi connectivity index (χ4v) is 1.90. The molecule has 0 amide bonds. The monoisotopic (exact) mass is 241 g/mol. The summed E-state index contributed by atoms with van der Waals surface area (Å²) in [6.45, 7) is 1.79. The number of aliphatic hydroxyl groups excluding tert-OH is 1. The molecule has 7 nitrogen and oxygen atoms in total. The SMILES string of the molecule is Cc1cn([C@@H]2C[C@@H](O)[C@H](CN)O2)c(=O)[nH]c1=O. The van der Waals surface area contributed by atoms with Crippen molar-refractivity contribution >= 4 is 0 Å². The first-order valence-corrected chi connectivity index (χ1v) is 5.38. The molecule has 0 bridgehead atoms. The number of aromatic amines is 1. The maximum atomic E-state index is 11.6. The summed E-state index contributed by atoms with van der Waals surface area (Å²) in [6, 6.07) is 0. The highest BCUT2D eigenvalue weighted by molar-refractivity contribution is 5.02. The number of aromatic nitrogens is 2. The fourth-order valence-electron chi connectivity index (χ4n) is 1.90. The average molecular weight is 241 g/mol. The van der Waals surface area contributed by atoms with Crippen LogP contribution in [0.15, 0.2) is 15.8 Å². The van der Waals surface area contributed by atoms with Gasteiger partial charge < -0.3 is 15.6 Å². The molecule has 0 spiro atoms. The minimum absolute atomic E-state index is 0.189. The van der Waals surface area contributed by atoms with E-state index in [0.29, 0.717) is 5.56 Å². The van der Waals surface area contributed by atoms with Crippen LogP contribution in [0.4, 0.5) is 0 Å². The van der Waals surface area contributed by atoms with Crippen LogP contribution in [-0.4, -0.2) is 33.4 Å². The second-order valence-corrected chi connectivity index (χ2v) is 4.15. The van der Waals surface area contributed by atoms with Gasteiger partial charge in [-0.15, -0.1) is 0 Å². The summed E-state index contributed by atoms with van der Waals surface area (Å²) in [4.78, 5) is 25.0. The predicted octanol–water partition coefficient (Wildman–Crippen LogP) is -1.55. The number of rotatable bonds is 2. The van der Waals surface area contributed by atoms with Crippen LogP contribution in [0.1, 0.15) is 18.2 Å². The third-order valence-corrected chi connectivity index (χ3v) is 2.89. The number of nitrogens with zero attached hydrogens (tertiary/aromatic N) is 1. The average Bonchev–Trinajstić information content (AvgIpc) is 2.65. The lowest BCUT2D eigenvalue weighted by Gasteiger charge is -2.14. The number of hydrogen-bond acceptors (Lipinski definition) is 5. The molecule has 1 saturated heterocycles. The van der Waals surface area contributed by atoms with E-state index in [-0.39, 0.29) is 13.0 Å². The van der Waals surface area contributed by atoms with E-state index in [1.807, 2.05) is 0 Å². The molecule has 1 fully saturated rings. The first-order chi connectivity index (χ1) is 8.02. The quantitative estimate of drug-likeness (QED) is 0.580. The maximum Gasteiger partial charge on any atom is 0.330 e. The Bertz CT molecular complexity index is 521. The maximum absolute atomic E-state index is 11.6. The van der Waals surface area contributed by atoms with Gasteiger partial charge in [0, 0.05) is 24.7 Å². The van der Waals surface area contributed by atoms with Gasteiger partial charge in [0.05, 0.1) is 12.2 Å². The van der Waals surface area contributed by atoms with Gasteiger partial charge in [0.15, 0.2) is 0 Å². The molecule has 0 unspecified atom stereocenters. The van der Waals surface area contributed by atoms with Crippen molar-refractivity contribution in [3.63, 3.8) is 0 Å². The molecule has 0 aromatic carbocycles. The van der Waals surface area contributed by atoms with E-state index in [0.717, 1.165) is 0 Å². The Labute approximate surface area is 96.8 Å². The molecule has 2 heterocycles. The minimum atomic E-state index is -0.691. The molecular weight excluding hydrogens is 226 g/mol. The zero-order valence-electron chi connectivity index (χ0n) is 9.42. The molecule has 0 radical (unpaired) electrons. The van der Waals surface area contributed by atoms with Crippen LogP contribution in [0, 0.1) is 6.92 Å². The van der Waals surface area contributed by atoms with Crippen LogP contribution in [0.2, 0.25) is 0 Å². The molecule has 7 heteroatoms. The van der Waals surface area contributed by atoms with E-state index < -0.39 is 29.7 Å². The van der Waals surface area contributed by atoms with E-state index in [1.54, 1.807) is 6.92 Å². The number of nitrogens with one attached hydrogen (secondary N) is 1. The highest BCUT2D eigenvalue weighted by Crippen LogP contribution is 2.26. The van der Waals surface area contributed by atoms with Crippen molar-refractivity contribution in [3.05, 3.63) is 32.6 Å². The lowest BCUT2D eigenvalue weighted by molar-refractivity contribution is -0.0152. The molecule has 3 atom stereocenters. The summed E-state index contributed by atoms with van der Waals surface area (Å²) in [7, 11) is 0. The summed E-state index contributed by atoms with van der Waals surface area (Å²) in [5.41, 5.74) is 4.88. The molecule has 0 saturated carbocycles. The molecule has 1 aliphatic rings. The van der Waals surface area contributed by atoms with Crippen molar-refractivity contribution in [2.75, 3.05) is 6.54 Å². The van der Waals surface area contributed by atoms with Crippen molar-refractivity contribution in [2.24, 2.45) is 5.73 Å². The van der Waals surface area contributed by atoms with Gasteiger partial charge in [-0.1, -0.05) is 0 Å². The van der Waals surface area contributed by atoms with Crippen LogP contribution in [0.3, 0.4) is 0 Å². The summed E-state index contributed by atoms with van der Waals surface area (Å²) in [6.07, 6.45) is -0.0325. The molecule has 1 aliphatic heterocycles. The van der Waals surface area contributed by atoms with Crippen LogP contribution in [0.5, 0.6) is 0 Å². The molecular formula is C10H15N3O4. The van der Waals surface area contributed by atoms with Crippen molar-refractivity contribution in [1.29, 1.82) is 0 Å². The van der Waals surface area contributed by atoms with Gasteiger partial charge in [0.2, 0.25) is 0 Å². The molecule has 1 aromatic heterocycles. The van der Waals surface area contributed by atoms with Gasteiger partial charge in [0.25, 0.3) is 5.56 Å². The van der Waals surface area contributed by atoms with E-state index in [4.69, 9.17) is 10.5 Å². The van der Waals surface area contributed by atoms with Gasteiger partial charge in [-0.2, -0.15) is 0 Å². The topological polar surface area (TPSA) is 110 Å². The molecule has 0 aliphatic carbocycles. The zero-order valence-corrected chi connectivity index (χ0v) is 9.42.